The molecule has 2 aromatic carbocycles. The standard InChI is InChI=1S/C23H24N2O4/c1-3-29-19-10-6-16(7-11-19)20-21(24-14-4-5-15-24)23(27)25(22(20)26)17-8-12-18(28-2)13-9-17/h6-13H,3-5,14-15H2,1-2H3. The molecular formula is C23H24N2O4. The van der Waals surface area contributed by atoms with Crippen LogP contribution in [0.15, 0.2) is 54.2 Å². The Hall–Kier alpha value is -3.28. The Morgan fingerprint density at radius 1 is 0.862 bits per heavy atom. The molecule has 0 radical (unpaired) electrons. The van der Waals surface area contributed by atoms with E-state index in [4.69, 9.17) is 9.47 Å². The van der Waals surface area contributed by atoms with E-state index in [0.29, 0.717) is 29.3 Å². The quantitative estimate of drug-likeness (QED) is 0.705. The summed E-state index contributed by atoms with van der Waals surface area (Å²) in [5, 5.41) is 0. The lowest BCUT2D eigenvalue weighted by molar-refractivity contribution is -0.120. The van der Waals surface area contributed by atoms with E-state index in [2.05, 4.69) is 0 Å². The minimum absolute atomic E-state index is 0.272. The van der Waals surface area contributed by atoms with Gasteiger partial charge in [-0.1, -0.05) is 12.1 Å². The van der Waals surface area contributed by atoms with Crippen LogP contribution in [0.1, 0.15) is 25.3 Å². The summed E-state index contributed by atoms with van der Waals surface area (Å²) in [7, 11) is 1.58. The molecule has 6 nitrogen and oxygen atoms in total. The highest BCUT2D eigenvalue weighted by molar-refractivity contribution is 6.45. The van der Waals surface area contributed by atoms with Gasteiger partial charge in [0.05, 0.1) is 25.0 Å². The van der Waals surface area contributed by atoms with Crippen LogP contribution in [0.5, 0.6) is 11.5 Å². The van der Waals surface area contributed by atoms with E-state index < -0.39 is 0 Å². The highest BCUT2D eigenvalue weighted by atomic mass is 16.5. The van der Waals surface area contributed by atoms with E-state index >= 15 is 0 Å². The van der Waals surface area contributed by atoms with E-state index in [-0.39, 0.29) is 11.8 Å². The molecule has 150 valence electrons. The maximum absolute atomic E-state index is 13.4. The van der Waals surface area contributed by atoms with Crippen LogP contribution in [-0.2, 0) is 9.59 Å². The molecule has 0 atom stereocenters. The Bertz CT molecular complexity index is 942. The molecule has 2 heterocycles. The number of carbonyl (C=O) groups is 2. The van der Waals surface area contributed by atoms with Crippen molar-refractivity contribution in [2.45, 2.75) is 19.8 Å². The first-order valence-corrected chi connectivity index (χ1v) is 9.89. The second-order valence-electron chi connectivity index (χ2n) is 7.02. The van der Waals surface area contributed by atoms with Gasteiger partial charge in [0.25, 0.3) is 11.8 Å². The molecule has 1 saturated heterocycles. The van der Waals surface area contributed by atoms with Crippen molar-refractivity contribution in [2.24, 2.45) is 0 Å². The van der Waals surface area contributed by atoms with E-state index in [0.717, 1.165) is 37.2 Å². The first-order chi connectivity index (χ1) is 14.1. The highest BCUT2D eigenvalue weighted by Gasteiger charge is 2.42. The number of anilines is 1. The third kappa shape index (κ3) is 3.46. The Morgan fingerprint density at radius 2 is 1.48 bits per heavy atom. The molecule has 1 fully saturated rings. The maximum Gasteiger partial charge on any atom is 0.282 e. The number of imide groups is 1. The molecular weight excluding hydrogens is 368 g/mol. The summed E-state index contributed by atoms with van der Waals surface area (Å²) < 4.78 is 10.7. The lowest BCUT2D eigenvalue weighted by Gasteiger charge is -2.20. The van der Waals surface area contributed by atoms with Crippen molar-refractivity contribution < 1.29 is 19.1 Å². The third-order valence-electron chi connectivity index (χ3n) is 5.27. The SMILES string of the molecule is CCOc1ccc(C2=C(N3CCCC3)C(=O)N(c3ccc(OC)cc3)C2=O)cc1. The molecule has 6 heteroatoms. The highest BCUT2D eigenvalue weighted by Crippen LogP contribution is 2.36. The largest absolute Gasteiger partial charge is 0.497 e. The number of benzene rings is 2. The van der Waals surface area contributed by atoms with Gasteiger partial charge in [-0.05, 0) is 61.7 Å². The summed E-state index contributed by atoms with van der Waals surface area (Å²) in [4.78, 5) is 30.1. The fourth-order valence-corrected chi connectivity index (χ4v) is 3.86. The van der Waals surface area contributed by atoms with Gasteiger partial charge < -0.3 is 14.4 Å². The predicted molar refractivity (Wildman–Crippen MR) is 111 cm³/mol. The number of likely N-dealkylation sites (tertiary alicyclic amines) is 1. The molecule has 0 unspecified atom stereocenters. The van der Waals surface area contributed by atoms with Crippen LogP contribution in [-0.4, -0.2) is 43.5 Å². The van der Waals surface area contributed by atoms with Gasteiger partial charge in [0.1, 0.15) is 17.2 Å². The number of carbonyl (C=O) groups excluding carboxylic acids is 2. The van der Waals surface area contributed by atoms with Crippen LogP contribution in [0, 0.1) is 0 Å². The molecule has 0 spiro atoms. The van der Waals surface area contributed by atoms with Crippen LogP contribution in [0.4, 0.5) is 5.69 Å². The third-order valence-corrected chi connectivity index (χ3v) is 5.27. The predicted octanol–water partition coefficient (Wildman–Crippen LogP) is 3.47. The van der Waals surface area contributed by atoms with E-state index in [1.165, 1.54) is 4.90 Å². The zero-order valence-corrected chi connectivity index (χ0v) is 16.7. The summed E-state index contributed by atoms with van der Waals surface area (Å²) in [6.45, 7) is 4.06. The van der Waals surface area contributed by atoms with Gasteiger partial charge in [-0.2, -0.15) is 0 Å². The van der Waals surface area contributed by atoms with Crippen molar-refractivity contribution >= 4 is 23.1 Å². The zero-order chi connectivity index (χ0) is 20.4. The van der Waals surface area contributed by atoms with Crippen molar-refractivity contribution in [3.8, 4) is 11.5 Å². The number of nitrogens with zero attached hydrogens (tertiary/aromatic N) is 2. The first kappa shape index (κ1) is 19.1. The Balaban J connectivity index is 1.75. The monoisotopic (exact) mass is 392 g/mol. The average molecular weight is 392 g/mol. The molecule has 2 aromatic rings. The summed E-state index contributed by atoms with van der Waals surface area (Å²) in [5.41, 5.74) is 2.21. The topological polar surface area (TPSA) is 59.1 Å². The zero-order valence-electron chi connectivity index (χ0n) is 16.7. The molecule has 0 bridgehead atoms. The maximum atomic E-state index is 13.4. The van der Waals surface area contributed by atoms with Crippen LogP contribution < -0.4 is 14.4 Å². The second-order valence-corrected chi connectivity index (χ2v) is 7.02. The number of hydrogen-bond donors (Lipinski definition) is 0. The first-order valence-electron chi connectivity index (χ1n) is 9.89. The van der Waals surface area contributed by atoms with Gasteiger partial charge in [0.15, 0.2) is 0 Å². The molecule has 29 heavy (non-hydrogen) atoms. The van der Waals surface area contributed by atoms with Gasteiger partial charge in [-0.25, -0.2) is 4.90 Å². The minimum Gasteiger partial charge on any atom is -0.497 e. The van der Waals surface area contributed by atoms with Crippen molar-refractivity contribution in [1.29, 1.82) is 0 Å². The number of rotatable bonds is 6. The normalized spacial score (nSPS) is 16.8. The summed E-state index contributed by atoms with van der Waals surface area (Å²) in [6.07, 6.45) is 2.04. The summed E-state index contributed by atoms with van der Waals surface area (Å²) >= 11 is 0. The number of hydrogen-bond acceptors (Lipinski definition) is 5. The van der Waals surface area contributed by atoms with Gasteiger partial charge in [0.2, 0.25) is 0 Å². The van der Waals surface area contributed by atoms with Crippen molar-refractivity contribution in [2.75, 3.05) is 31.7 Å². The summed E-state index contributed by atoms with van der Waals surface area (Å²) in [6, 6.07) is 14.3. The molecule has 0 aromatic heterocycles. The molecule has 0 aliphatic carbocycles. The smallest absolute Gasteiger partial charge is 0.282 e. The van der Waals surface area contributed by atoms with Gasteiger partial charge in [0, 0.05) is 13.1 Å². The number of methoxy groups -OCH3 is 1. The van der Waals surface area contributed by atoms with E-state index in [1.54, 1.807) is 31.4 Å². The number of amides is 2. The molecule has 2 amide bonds. The van der Waals surface area contributed by atoms with Crippen molar-refractivity contribution in [3.05, 3.63) is 59.8 Å². The van der Waals surface area contributed by atoms with Gasteiger partial charge in [-0.15, -0.1) is 0 Å². The average Bonchev–Trinajstić information content (AvgIpc) is 3.35. The molecule has 0 saturated carbocycles. The molecule has 4 rings (SSSR count). The Morgan fingerprint density at radius 3 is 2.07 bits per heavy atom. The van der Waals surface area contributed by atoms with Crippen LogP contribution in [0.25, 0.3) is 5.57 Å². The Kier molecular flexibility index (Phi) is 5.25. The van der Waals surface area contributed by atoms with Crippen molar-refractivity contribution in [1.82, 2.24) is 4.90 Å². The van der Waals surface area contributed by atoms with Gasteiger partial charge in [-0.3, -0.25) is 9.59 Å². The van der Waals surface area contributed by atoms with Crippen LogP contribution in [0.3, 0.4) is 0 Å². The lowest BCUT2D eigenvalue weighted by Crippen LogP contribution is -2.34. The second kappa shape index (κ2) is 7.99. The lowest BCUT2D eigenvalue weighted by atomic mass is 10.0. The van der Waals surface area contributed by atoms with Gasteiger partial charge >= 0.3 is 0 Å². The summed E-state index contributed by atoms with van der Waals surface area (Å²) in [5.74, 6) is 0.841. The fraction of sp³-hybridized carbons (Fsp3) is 0.304. The molecule has 2 aliphatic heterocycles. The molecule has 2 aliphatic rings. The minimum atomic E-state index is -0.300. The van der Waals surface area contributed by atoms with E-state index in [9.17, 15) is 9.59 Å². The number of ether oxygens (including phenoxy) is 2. The van der Waals surface area contributed by atoms with E-state index in [1.807, 2.05) is 36.1 Å². The Labute approximate surface area is 170 Å². The van der Waals surface area contributed by atoms with Crippen molar-refractivity contribution in [3.63, 3.8) is 0 Å². The van der Waals surface area contributed by atoms with Crippen LogP contribution in [0.2, 0.25) is 0 Å². The fourth-order valence-electron chi connectivity index (χ4n) is 3.86. The molecule has 0 N–H and O–H groups in total. The van der Waals surface area contributed by atoms with Crippen LogP contribution >= 0.6 is 0 Å².